The number of fused-ring (bicyclic) bond motifs is 1. The van der Waals surface area contributed by atoms with Gasteiger partial charge in [-0.2, -0.15) is 0 Å². The van der Waals surface area contributed by atoms with Gasteiger partial charge in [0, 0.05) is 5.69 Å². The lowest BCUT2D eigenvalue weighted by molar-refractivity contribution is -0.119. The standard InChI is InChI=1S/C15H14Br2N2OS/c1-15(2)9-5-7(3-4-10(9)19-14(15)20)12(18)8-6-11(16)21-13(8)17/h3-6,12H,18H2,1-2H3,(H,19,20). The van der Waals surface area contributed by atoms with Crippen LogP contribution in [0.5, 0.6) is 0 Å². The molecule has 1 atom stereocenters. The second-order valence-electron chi connectivity index (χ2n) is 5.64. The molecule has 1 amide bonds. The van der Waals surface area contributed by atoms with Crippen LogP contribution in [0.2, 0.25) is 0 Å². The molecule has 1 unspecified atom stereocenters. The smallest absolute Gasteiger partial charge is 0.234 e. The number of nitrogens with one attached hydrogen (secondary N) is 1. The van der Waals surface area contributed by atoms with Crippen molar-refractivity contribution in [3.05, 3.63) is 48.5 Å². The van der Waals surface area contributed by atoms with Gasteiger partial charge in [-0.1, -0.05) is 12.1 Å². The molecule has 0 bridgehead atoms. The van der Waals surface area contributed by atoms with Gasteiger partial charge in [-0.25, -0.2) is 0 Å². The molecule has 0 saturated heterocycles. The number of carbonyl (C=O) groups is 1. The molecule has 0 aliphatic carbocycles. The Morgan fingerprint density at radius 2 is 2.00 bits per heavy atom. The van der Waals surface area contributed by atoms with Crippen LogP contribution in [0.1, 0.15) is 36.6 Å². The lowest BCUT2D eigenvalue weighted by atomic mass is 9.84. The van der Waals surface area contributed by atoms with Crippen molar-refractivity contribution in [3.8, 4) is 0 Å². The summed E-state index contributed by atoms with van der Waals surface area (Å²) in [5.41, 5.74) is 9.82. The summed E-state index contributed by atoms with van der Waals surface area (Å²) < 4.78 is 2.06. The topological polar surface area (TPSA) is 55.1 Å². The molecular formula is C15H14Br2N2OS. The molecule has 0 radical (unpaired) electrons. The van der Waals surface area contributed by atoms with Crippen LogP contribution in [-0.2, 0) is 10.2 Å². The Balaban J connectivity index is 2.04. The number of hydrogen-bond donors (Lipinski definition) is 2. The number of amides is 1. The maximum atomic E-state index is 12.0. The molecule has 3 nitrogen and oxygen atoms in total. The zero-order valence-corrected chi connectivity index (χ0v) is 15.5. The Labute approximate surface area is 144 Å². The summed E-state index contributed by atoms with van der Waals surface area (Å²) in [6, 6.07) is 7.76. The van der Waals surface area contributed by atoms with Gasteiger partial charge < -0.3 is 11.1 Å². The van der Waals surface area contributed by atoms with Gasteiger partial charge in [0.1, 0.15) is 0 Å². The Morgan fingerprint density at radius 1 is 1.29 bits per heavy atom. The summed E-state index contributed by atoms with van der Waals surface area (Å²) in [5.74, 6) is 0.0303. The SMILES string of the molecule is CC1(C)C(=O)Nc2ccc(C(N)c3cc(Br)sc3Br)cc21. The summed E-state index contributed by atoms with van der Waals surface area (Å²) in [4.78, 5) is 12.0. The van der Waals surface area contributed by atoms with E-state index in [0.717, 1.165) is 30.0 Å². The molecule has 3 N–H and O–H groups in total. The van der Waals surface area contributed by atoms with Crippen molar-refractivity contribution in [2.45, 2.75) is 25.3 Å². The van der Waals surface area contributed by atoms with E-state index in [1.807, 2.05) is 38.1 Å². The predicted molar refractivity (Wildman–Crippen MR) is 93.8 cm³/mol. The van der Waals surface area contributed by atoms with Gasteiger partial charge >= 0.3 is 0 Å². The van der Waals surface area contributed by atoms with Crippen molar-refractivity contribution in [2.24, 2.45) is 5.73 Å². The molecule has 2 heterocycles. The largest absolute Gasteiger partial charge is 0.325 e. The number of anilines is 1. The second-order valence-corrected chi connectivity index (χ2v) is 9.39. The monoisotopic (exact) mass is 428 g/mol. The molecule has 0 saturated carbocycles. The molecule has 6 heteroatoms. The van der Waals surface area contributed by atoms with Gasteiger partial charge in [0.15, 0.2) is 0 Å². The van der Waals surface area contributed by atoms with Crippen LogP contribution in [0.4, 0.5) is 5.69 Å². The maximum Gasteiger partial charge on any atom is 0.234 e. The molecule has 3 rings (SSSR count). The first-order chi connectivity index (χ1) is 9.80. The van der Waals surface area contributed by atoms with Crippen LogP contribution >= 0.6 is 43.2 Å². The highest BCUT2D eigenvalue weighted by Gasteiger charge is 2.38. The van der Waals surface area contributed by atoms with E-state index < -0.39 is 5.41 Å². The molecule has 0 spiro atoms. The lowest BCUT2D eigenvalue weighted by Gasteiger charge is -2.18. The van der Waals surface area contributed by atoms with E-state index in [1.165, 1.54) is 0 Å². The van der Waals surface area contributed by atoms with Gasteiger partial charge in [-0.15, -0.1) is 11.3 Å². The van der Waals surface area contributed by atoms with Crippen LogP contribution < -0.4 is 11.1 Å². The third-order valence-electron chi connectivity index (χ3n) is 3.91. The quantitative estimate of drug-likeness (QED) is 0.735. The highest BCUT2D eigenvalue weighted by molar-refractivity contribution is 9.12. The minimum atomic E-state index is -0.516. The fourth-order valence-corrected chi connectivity index (χ4v) is 5.46. The van der Waals surface area contributed by atoms with Crippen LogP contribution in [0.15, 0.2) is 31.8 Å². The number of thiophene rings is 1. The number of hydrogen-bond acceptors (Lipinski definition) is 3. The van der Waals surface area contributed by atoms with Crippen molar-refractivity contribution in [1.82, 2.24) is 0 Å². The number of benzene rings is 1. The molecule has 110 valence electrons. The zero-order valence-electron chi connectivity index (χ0n) is 11.5. The van der Waals surface area contributed by atoms with Crippen LogP contribution in [0.3, 0.4) is 0 Å². The van der Waals surface area contributed by atoms with Crippen LogP contribution in [-0.4, -0.2) is 5.91 Å². The second kappa shape index (κ2) is 5.19. The van der Waals surface area contributed by atoms with Crippen molar-refractivity contribution < 1.29 is 4.79 Å². The Hall–Kier alpha value is -0.690. The first-order valence-electron chi connectivity index (χ1n) is 6.47. The van der Waals surface area contributed by atoms with E-state index in [4.69, 9.17) is 5.73 Å². The highest BCUT2D eigenvalue weighted by Crippen LogP contribution is 2.41. The molecule has 1 aliphatic rings. The first kappa shape index (κ1) is 15.2. The van der Waals surface area contributed by atoms with E-state index in [2.05, 4.69) is 37.2 Å². The average molecular weight is 430 g/mol. The van der Waals surface area contributed by atoms with Crippen molar-refractivity contribution in [1.29, 1.82) is 0 Å². The van der Waals surface area contributed by atoms with Gasteiger partial charge in [0.25, 0.3) is 0 Å². The van der Waals surface area contributed by atoms with Gasteiger partial charge in [-0.3, -0.25) is 4.79 Å². The minimum Gasteiger partial charge on any atom is -0.325 e. The van der Waals surface area contributed by atoms with E-state index >= 15 is 0 Å². The van der Waals surface area contributed by atoms with Crippen LogP contribution in [0, 0.1) is 0 Å². The molecular weight excluding hydrogens is 416 g/mol. The molecule has 2 aromatic rings. The fourth-order valence-electron chi connectivity index (χ4n) is 2.53. The Bertz CT molecular complexity index is 739. The van der Waals surface area contributed by atoms with E-state index in [-0.39, 0.29) is 11.9 Å². The first-order valence-corrected chi connectivity index (χ1v) is 8.87. The number of rotatable bonds is 2. The molecule has 0 fully saturated rings. The number of carbonyl (C=O) groups excluding carboxylic acids is 1. The third-order valence-corrected chi connectivity index (χ3v) is 6.30. The van der Waals surface area contributed by atoms with Gasteiger partial charge in [0.2, 0.25) is 5.91 Å². The summed E-state index contributed by atoms with van der Waals surface area (Å²) in [6.45, 7) is 3.86. The molecule has 1 aromatic carbocycles. The minimum absolute atomic E-state index is 0.0303. The van der Waals surface area contributed by atoms with Gasteiger partial charge in [-0.05, 0) is 74.5 Å². The molecule has 1 aromatic heterocycles. The normalized spacial score (nSPS) is 17.5. The summed E-state index contributed by atoms with van der Waals surface area (Å²) in [6.07, 6.45) is 0. The fraction of sp³-hybridized carbons (Fsp3) is 0.267. The summed E-state index contributed by atoms with van der Waals surface area (Å²) in [7, 11) is 0. The van der Waals surface area contributed by atoms with Crippen molar-refractivity contribution >= 4 is 54.8 Å². The summed E-state index contributed by atoms with van der Waals surface area (Å²) in [5, 5.41) is 2.91. The number of halogens is 2. The Morgan fingerprint density at radius 3 is 2.62 bits per heavy atom. The van der Waals surface area contributed by atoms with Crippen LogP contribution in [0.25, 0.3) is 0 Å². The third kappa shape index (κ3) is 2.48. The Kier molecular flexibility index (Phi) is 3.76. The van der Waals surface area contributed by atoms with E-state index in [0.29, 0.717) is 0 Å². The average Bonchev–Trinajstić information content (AvgIpc) is 2.87. The van der Waals surface area contributed by atoms with Gasteiger partial charge in [0.05, 0.1) is 19.0 Å². The van der Waals surface area contributed by atoms with E-state index in [1.54, 1.807) is 11.3 Å². The lowest BCUT2D eigenvalue weighted by Crippen LogP contribution is -2.27. The van der Waals surface area contributed by atoms with Crippen molar-refractivity contribution in [3.63, 3.8) is 0 Å². The maximum absolute atomic E-state index is 12.0. The number of nitrogens with two attached hydrogens (primary N) is 1. The van der Waals surface area contributed by atoms with E-state index in [9.17, 15) is 4.79 Å². The molecule has 21 heavy (non-hydrogen) atoms. The summed E-state index contributed by atoms with van der Waals surface area (Å²) >= 11 is 8.63. The highest BCUT2D eigenvalue weighted by atomic mass is 79.9. The van der Waals surface area contributed by atoms with Crippen molar-refractivity contribution in [2.75, 3.05) is 5.32 Å². The zero-order chi connectivity index (χ0) is 15.4. The predicted octanol–water partition coefficient (Wildman–Crippen LogP) is 4.55. The molecule has 1 aliphatic heterocycles.